The number of rotatable bonds is 6. The van der Waals surface area contributed by atoms with Gasteiger partial charge in [0.2, 0.25) is 0 Å². The molecule has 140 valence electrons. The van der Waals surface area contributed by atoms with Crippen LogP contribution in [0.2, 0.25) is 0 Å². The lowest BCUT2D eigenvalue weighted by Gasteiger charge is -2.24. The molecule has 0 N–H and O–H groups in total. The van der Waals surface area contributed by atoms with Crippen LogP contribution >= 0.6 is 0 Å². The summed E-state index contributed by atoms with van der Waals surface area (Å²) in [7, 11) is -1.81. The van der Waals surface area contributed by atoms with Crippen LogP contribution in [0.15, 0.2) is 41.3 Å². The number of carbonyl (C=O) groups excluding carboxylic acids is 1. The standard InChI is InChI=1S/C17H17F2NO5S/c1-11-8-13(5-7-16(11)24-2)26(22,23)20(10-17(21)25-3)15-6-4-12(18)9-14(15)19/h4-9H,10H2,1-3H3. The number of methoxy groups -OCH3 is 2. The van der Waals surface area contributed by atoms with Gasteiger partial charge in [0, 0.05) is 6.07 Å². The normalized spacial score (nSPS) is 11.1. The van der Waals surface area contributed by atoms with E-state index in [9.17, 15) is 22.0 Å². The largest absolute Gasteiger partial charge is 0.496 e. The Morgan fingerprint density at radius 1 is 1.12 bits per heavy atom. The van der Waals surface area contributed by atoms with Gasteiger partial charge in [0.15, 0.2) is 0 Å². The Morgan fingerprint density at radius 2 is 1.81 bits per heavy atom. The third kappa shape index (κ3) is 3.93. The predicted molar refractivity (Wildman–Crippen MR) is 90.6 cm³/mol. The van der Waals surface area contributed by atoms with Crippen LogP contribution in [0, 0.1) is 18.6 Å². The molecule has 0 radical (unpaired) electrons. The van der Waals surface area contributed by atoms with E-state index in [1.165, 1.54) is 25.3 Å². The third-order valence-electron chi connectivity index (χ3n) is 3.63. The van der Waals surface area contributed by atoms with Crippen LogP contribution in [0.3, 0.4) is 0 Å². The maximum Gasteiger partial charge on any atom is 0.326 e. The molecule has 9 heteroatoms. The van der Waals surface area contributed by atoms with Crippen molar-refractivity contribution >= 4 is 21.7 Å². The SMILES string of the molecule is COC(=O)CN(c1ccc(F)cc1F)S(=O)(=O)c1ccc(OC)c(C)c1. The van der Waals surface area contributed by atoms with Gasteiger partial charge in [0.25, 0.3) is 10.0 Å². The minimum absolute atomic E-state index is 0.177. The minimum Gasteiger partial charge on any atom is -0.496 e. The first kappa shape index (κ1) is 19.6. The van der Waals surface area contributed by atoms with Gasteiger partial charge >= 0.3 is 5.97 Å². The molecule has 0 saturated heterocycles. The highest BCUT2D eigenvalue weighted by Crippen LogP contribution is 2.29. The Morgan fingerprint density at radius 3 is 2.35 bits per heavy atom. The number of nitrogens with zero attached hydrogens (tertiary/aromatic N) is 1. The van der Waals surface area contributed by atoms with Crippen molar-refractivity contribution in [3.8, 4) is 5.75 Å². The zero-order chi connectivity index (χ0) is 19.5. The van der Waals surface area contributed by atoms with Gasteiger partial charge < -0.3 is 9.47 Å². The number of anilines is 1. The highest BCUT2D eigenvalue weighted by Gasteiger charge is 2.30. The van der Waals surface area contributed by atoms with E-state index in [0.29, 0.717) is 21.7 Å². The summed E-state index contributed by atoms with van der Waals surface area (Å²) in [5.41, 5.74) is 0.0662. The highest BCUT2D eigenvalue weighted by molar-refractivity contribution is 7.92. The number of ether oxygens (including phenoxy) is 2. The average molecular weight is 385 g/mol. The maximum atomic E-state index is 14.2. The molecule has 0 saturated carbocycles. The van der Waals surface area contributed by atoms with Crippen molar-refractivity contribution < 1.29 is 31.5 Å². The number of carbonyl (C=O) groups is 1. The fourth-order valence-corrected chi connectivity index (χ4v) is 3.81. The van der Waals surface area contributed by atoms with Crippen molar-refractivity contribution in [2.45, 2.75) is 11.8 Å². The lowest BCUT2D eigenvalue weighted by atomic mass is 10.2. The van der Waals surface area contributed by atoms with Crippen molar-refractivity contribution in [3.63, 3.8) is 0 Å². The summed E-state index contributed by atoms with van der Waals surface area (Å²) in [4.78, 5) is 11.5. The summed E-state index contributed by atoms with van der Waals surface area (Å²) < 4.78 is 63.5. The molecule has 0 spiro atoms. The molecule has 2 aromatic carbocycles. The second kappa shape index (κ2) is 7.69. The second-order valence-corrected chi connectivity index (χ2v) is 7.18. The highest BCUT2D eigenvalue weighted by atomic mass is 32.2. The van der Waals surface area contributed by atoms with Crippen molar-refractivity contribution in [2.24, 2.45) is 0 Å². The van der Waals surface area contributed by atoms with Crippen LogP contribution < -0.4 is 9.04 Å². The first-order valence-corrected chi connectivity index (χ1v) is 8.84. The number of halogens is 2. The summed E-state index contributed by atoms with van der Waals surface area (Å²) >= 11 is 0. The van der Waals surface area contributed by atoms with E-state index in [4.69, 9.17) is 4.74 Å². The van der Waals surface area contributed by atoms with E-state index in [1.54, 1.807) is 6.92 Å². The molecule has 0 amide bonds. The van der Waals surface area contributed by atoms with Crippen LogP contribution in [0.5, 0.6) is 5.75 Å². The first-order chi connectivity index (χ1) is 12.2. The predicted octanol–water partition coefficient (Wildman–Crippen LogP) is 2.65. The van der Waals surface area contributed by atoms with Gasteiger partial charge in [-0.2, -0.15) is 0 Å². The summed E-state index contributed by atoms with van der Waals surface area (Å²) in [6.07, 6.45) is 0. The van der Waals surface area contributed by atoms with Crippen molar-refractivity contribution in [2.75, 3.05) is 25.1 Å². The van der Waals surface area contributed by atoms with Crippen molar-refractivity contribution in [3.05, 3.63) is 53.6 Å². The average Bonchev–Trinajstić information content (AvgIpc) is 2.59. The summed E-state index contributed by atoms with van der Waals surface area (Å²) in [6, 6.07) is 6.43. The fraction of sp³-hybridized carbons (Fsp3) is 0.235. The number of sulfonamides is 1. The first-order valence-electron chi connectivity index (χ1n) is 7.40. The summed E-state index contributed by atoms with van der Waals surface area (Å²) in [5, 5.41) is 0. The fourth-order valence-electron chi connectivity index (χ4n) is 2.30. The molecular weight excluding hydrogens is 368 g/mol. The molecule has 0 unspecified atom stereocenters. The Hall–Kier alpha value is -2.68. The summed E-state index contributed by atoms with van der Waals surface area (Å²) in [5.74, 6) is -2.43. The van der Waals surface area contributed by atoms with Crippen LogP contribution in [0.25, 0.3) is 0 Å². The third-order valence-corrected chi connectivity index (χ3v) is 5.39. The molecule has 2 rings (SSSR count). The van der Waals surface area contributed by atoms with Gasteiger partial charge in [-0.1, -0.05) is 0 Å². The summed E-state index contributed by atoms with van der Waals surface area (Å²) in [6.45, 7) is 0.868. The molecule has 0 aromatic heterocycles. The van der Waals surface area contributed by atoms with Gasteiger partial charge in [-0.05, 0) is 42.8 Å². The van der Waals surface area contributed by atoms with Crippen LogP contribution in [-0.2, 0) is 19.6 Å². The second-order valence-electron chi connectivity index (χ2n) is 5.31. The van der Waals surface area contributed by atoms with Crippen LogP contribution in [0.4, 0.5) is 14.5 Å². The monoisotopic (exact) mass is 385 g/mol. The van der Waals surface area contributed by atoms with Crippen molar-refractivity contribution in [1.29, 1.82) is 0 Å². The number of esters is 1. The van der Waals surface area contributed by atoms with E-state index < -0.39 is 39.9 Å². The Balaban J connectivity index is 2.59. The molecular formula is C17H17F2NO5S. The minimum atomic E-state index is -4.33. The zero-order valence-electron chi connectivity index (χ0n) is 14.3. The topological polar surface area (TPSA) is 72.9 Å². The molecule has 0 heterocycles. The molecule has 0 atom stereocenters. The Kier molecular flexibility index (Phi) is 5.81. The van der Waals surface area contributed by atoms with Gasteiger partial charge in [0.05, 0.1) is 24.8 Å². The lowest BCUT2D eigenvalue weighted by molar-refractivity contribution is -0.138. The zero-order valence-corrected chi connectivity index (χ0v) is 15.1. The van der Waals surface area contributed by atoms with E-state index in [2.05, 4.69) is 4.74 Å². The Labute approximate surface area is 150 Å². The van der Waals surface area contributed by atoms with Gasteiger partial charge in [0.1, 0.15) is 23.9 Å². The van der Waals surface area contributed by atoms with Gasteiger partial charge in [-0.3, -0.25) is 9.10 Å². The number of hydrogen-bond donors (Lipinski definition) is 0. The smallest absolute Gasteiger partial charge is 0.326 e. The van der Waals surface area contributed by atoms with E-state index in [0.717, 1.165) is 19.2 Å². The van der Waals surface area contributed by atoms with Crippen LogP contribution in [-0.4, -0.2) is 35.2 Å². The molecule has 0 aliphatic heterocycles. The lowest BCUT2D eigenvalue weighted by Crippen LogP contribution is -2.37. The van der Waals surface area contributed by atoms with E-state index >= 15 is 0 Å². The van der Waals surface area contributed by atoms with Crippen molar-refractivity contribution in [1.82, 2.24) is 0 Å². The maximum absolute atomic E-state index is 14.2. The molecule has 0 aliphatic rings. The molecule has 0 fully saturated rings. The Bertz CT molecular complexity index is 931. The molecule has 26 heavy (non-hydrogen) atoms. The molecule has 0 bridgehead atoms. The quantitative estimate of drug-likeness (QED) is 0.715. The number of aryl methyl sites for hydroxylation is 1. The molecule has 2 aromatic rings. The number of hydrogen-bond acceptors (Lipinski definition) is 5. The van der Waals surface area contributed by atoms with E-state index in [1.807, 2.05) is 0 Å². The van der Waals surface area contributed by atoms with Gasteiger partial charge in [-0.15, -0.1) is 0 Å². The molecule has 6 nitrogen and oxygen atoms in total. The van der Waals surface area contributed by atoms with Crippen LogP contribution in [0.1, 0.15) is 5.56 Å². The number of benzene rings is 2. The van der Waals surface area contributed by atoms with Gasteiger partial charge in [-0.25, -0.2) is 17.2 Å². The van der Waals surface area contributed by atoms with E-state index in [-0.39, 0.29) is 4.90 Å². The molecule has 0 aliphatic carbocycles.